The molecule has 0 aliphatic heterocycles. The standard InChI is InChI=1S/3C3H4O2.Bi.H2O/c3*1-2-3(4)5;;/h3*2H,1H2,(H,4,5);;1H2/q;;;+3;/p-3. The van der Waals surface area contributed by atoms with Crippen molar-refractivity contribution in [3.8, 4) is 0 Å². The Labute approximate surface area is 117 Å². The van der Waals surface area contributed by atoms with Gasteiger partial charge in [-0.15, -0.1) is 0 Å². The molecular weight excluding hydrogens is 429 g/mol. The number of rotatable bonds is 3. The van der Waals surface area contributed by atoms with Gasteiger partial charge in [0.15, 0.2) is 0 Å². The van der Waals surface area contributed by atoms with Gasteiger partial charge in [0.25, 0.3) is 0 Å². The fourth-order valence-electron chi connectivity index (χ4n) is 0. The van der Waals surface area contributed by atoms with Crippen LogP contribution in [0.4, 0.5) is 0 Å². The maximum Gasteiger partial charge on any atom is 3.00 e. The molecule has 0 fully saturated rings. The van der Waals surface area contributed by atoms with Crippen LogP contribution in [0, 0.1) is 0 Å². The molecule has 2 N–H and O–H groups in total. The van der Waals surface area contributed by atoms with Crippen molar-refractivity contribution >= 4 is 44.1 Å². The quantitative estimate of drug-likeness (QED) is 0.319. The van der Waals surface area contributed by atoms with E-state index in [1.807, 2.05) is 0 Å². The van der Waals surface area contributed by atoms with Crippen molar-refractivity contribution in [1.82, 2.24) is 0 Å². The Morgan fingerprint density at radius 3 is 0.765 bits per heavy atom. The molecule has 17 heavy (non-hydrogen) atoms. The summed E-state index contributed by atoms with van der Waals surface area (Å²) in [6.07, 6.45) is 2.17. The van der Waals surface area contributed by atoms with Crippen LogP contribution in [0.15, 0.2) is 38.0 Å². The Bertz CT molecular complexity index is 217. The second-order valence-corrected chi connectivity index (χ2v) is 1.57. The van der Waals surface area contributed by atoms with Crippen molar-refractivity contribution in [2.24, 2.45) is 0 Å². The SMILES string of the molecule is C=CC(=O)[O-].C=CC(=O)[O-].C=CC(=O)[O-].O.[Bi+3]. The smallest absolute Gasteiger partial charge is 0.545 e. The topological polar surface area (TPSA) is 152 Å². The fraction of sp³-hybridized carbons (Fsp3) is 0. The minimum Gasteiger partial charge on any atom is -0.545 e. The zero-order valence-corrected chi connectivity index (χ0v) is 12.2. The molecular formula is C9H11BiO7. The molecule has 0 amide bonds. The Balaban J connectivity index is -0.0000000400. The first-order valence-electron chi connectivity index (χ1n) is 3.32. The molecule has 0 saturated carbocycles. The molecule has 0 aromatic heterocycles. The molecule has 0 unspecified atom stereocenters. The number of carboxylic acids is 3. The number of carbonyl (C=O) groups excluding carboxylic acids is 3. The maximum atomic E-state index is 9.14. The van der Waals surface area contributed by atoms with E-state index in [1.165, 1.54) is 0 Å². The molecule has 2 radical (unpaired) electrons. The average Bonchev–Trinajstić information content (AvgIpc) is 2.19. The third-order valence-corrected chi connectivity index (χ3v) is 0.500. The Morgan fingerprint density at radius 2 is 0.765 bits per heavy atom. The number of carboxylic acid groups (broad SMARTS) is 3. The largest absolute Gasteiger partial charge is 3.00 e. The van der Waals surface area contributed by atoms with Crippen molar-refractivity contribution in [2.75, 3.05) is 0 Å². The van der Waals surface area contributed by atoms with Crippen molar-refractivity contribution in [1.29, 1.82) is 0 Å². The summed E-state index contributed by atoms with van der Waals surface area (Å²) in [5.41, 5.74) is 0. The molecule has 0 aliphatic carbocycles. The summed E-state index contributed by atoms with van der Waals surface area (Å²) in [6.45, 7) is 8.69. The molecule has 0 spiro atoms. The monoisotopic (exact) mass is 440 g/mol. The van der Waals surface area contributed by atoms with Gasteiger partial charge in [0.2, 0.25) is 0 Å². The van der Waals surface area contributed by atoms with Gasteiger partial charge in [-0.1, -0.05) is 19.7 Å². The van der Waals surface area contributed by atoms with Crippen LogP contribution in [0.2, 0.25) is 0 Å². The van der Waals surface area contributed by atoms with Gasteiger partial charge < -0.3 is 35.2 Å². The summed E-state index contributed by atoms with van der Waals surface area (Å²) < 4.78 is 0. The molecule has 0 heterocycles. The predicted molar refractivity (Wildman–Crippen MR) is 55.0 cm³/mol. The average molecular weight is 440 g/mol. The molecule has 0 rings (SSSR count). The number of aliphatic carboxylic acids is 3. The Hall–Kier alpha value is -1.53. The first-order valence-corrected chi connectivity index (χ1v) is 3.32. The van der Waals surface area contributed by atoms with E-state index < -0.39 is 17.9 Å². The third kappa shape index (κ3) is 113. The van der Waals surface area contributed by atoms with Gasteiger partial charge in [-0.05, 0) is 18.2 Å². The molecule has 0 aliphatic rings. The summed E-state index contributed by atoms with van der Waals surface area (Å²) in [6, 6.07) is 0. The van der Waals surface area contributed by atoms with E-state index in [-0.39, 0.29) is 31.7 Å². The first kappa shape index (κ1) is 29.5. The van der Waals surface area contributed by atoms with Gasteiger partial charge in [-0.2, -0.15) is 0 Å². The summed E-state index contributed by atoms with van der Waals surface area (Å²) in [4.78, 5) is 27.4. The minimum absolute atomic E-state index is 0. The van der Waals surface area contributed by atoms with Gasteiger partial charge in [-0.25, -0.2) is 0 Å². The van der Waals surface area contributed by atoms with Crippen molar-refractivity contribution in [3.63, 3.8) is 0 Å². The molecule has 0 aromatic rings. The van der Waals surface area contributed by atoms with E-state index in [4.69, 9.17) is 29.7 Å². The molecule has 7 nitrogen and oxygen atoms in total. The van der Waals surface area contributed by atoms with E-state index in [1.54, 1.807) is 0 Å². The fourth-order valence-corrected chi connectivity index (χ4v) is 0. The summed E-state index contributed by atoms with van der Waals surface area (Å²) >= 11 is 0. The van der Waals surface area contributed by atoms with Crippen LogP contribution >= 0.6 is 0 Å². The zero-order valence-electron chi connectivity index (χ0n) is 8.75. The maximum absolute atomic E-state index is 9.14. The predicted octanol–water partition coefficient (Wildman–Crippen LogP) is -4.44. The van der Waals surface area contributed by atoms with Crippen molar-refractivity contribution in [3.05, 3.63) is 38.0 Å². The van der Waals surface area contributed by atoms with Gasteiger partial charge in [0, 0.05) is 0 Å². The van der Waals surface area contributed by atoms with E-state index in [0.29, 0.717) is 0 Å². The van der Waals surface area contributed by atoms with Gasteiger partial charge >= 0.3 is 26.2 Å². The molecule has 8 heteroatoms. The van der Waals surface area contributed by atoms with E-state index in [2.05, 4.69) is 19.7 Å². The second-order valence-electron chi connectivity index (χ2n) is 1.57. The number of hydrogen-bond donors (Lipinski definition) is 0. The van der Waals surface area contributed by atoms with Crippen LogP contribution < -0.4 is 15.3 Å². The van der Waals surface area contributed by atoms with Gasteiger partial charge in [-0.3, -0.25) is 0 Å². The van der Waals surface area contributed by atoms with Crippen molar-refractivity contribution in [2.45, 2.75) is 0 Å². The van der Waals surface area contributed by atoms with E-state index in [0.717, 1.165) is 18.2 Å². The summed E-state index contributed by atoms with van der Waals surface area (Å²) in [5, 5.41) is 27.4. The number of hydrogen-bond acceptors (Lipinski definition) is 6. The molecule has 94 valence electrons. The van der Waals surface area contributed by atoms with E-state index >= 15 is 0 Å². The van der Waals surface area contributed by atoms with E-state index in [9.17, 15) is 0 Å². The van der Waals surface area contributed by atoms with Gasteiger partial charge in [0.1, 0.15) is 0 Å². The molecule has 0 bridgehead atoms. The Morgan fingerprint density at radius 1 is 0.706 bits per heavy atom. The molecule has 0 aromatic carbocycles. The van der Waals surface area contributed by atoms with Crippen LogP contribution in [0.3, 0.4) is 0 Å². The van der Waals surface area contributed by atoms with Crippen LogP contribution in [0.5, 0.6) is 0 Å². The number of carbonyl (C=O) groups is 3. The first-order chi connectivity index (χ1) is 6.81. The summed E-state index contributed by atoms with van der Waals surface area (Å²) in [5.74, 6) is -3.69. The van der Waals surface area contributed by atoms with Crippen molar-refractivity contribution < 1.29 is 35.2 Å². The van der Waals surface area contributed by atoms with Crippen LogP contribution in [0.25, 0.3) is 0 Å². The van der Waals surface area contributed by atoms with Crippen LogP contribution in [-0.4, -0.2) is 49.6 Å². The zero-order chi connectivity index (χ0) is 12.9. The van der Waals surface area contributed by atoms with Crippen LogP contribution in [-0.2, 0) is 14.4 Å². The minimum atomic E-state index is -1.23. The third-order valence-electron chi connectivity index (χ3n) is 0.500. The second kappa shape index (κ2) is 24.0. The molecule has 0 atom stereocenters. The molecule has 0 saturated heterocycles. The van der Waals surface area contributed by atoms with Crippen LogP contribution in [0.1, 0.15) is 0 Å². The normalized spacial score (nSPS) is 5.65. The summed E-state index contributed by atoms with van der Waals surface area (Å²) in [7, 11) is 0. The Kier molecular flexibility index (Phi) is 41.6. The van der Waals surface area contributed by atoms with Gasteiger partial charge in [0.05, 0.1) is 17.9 Å².